The van der Waals surface area contributed by atoms with E-state index in [0.717, 1.165) is 12.8 Å². The van der Waals surface area contributed by atoms with Gasteiger partial charge >= 0.3 is 0 Å². The smallest absolute Gasteiger partial charge is 0.267 e. The zero-order valence-electron chi connectivity index (χ0n) is 16.1. The number of unbranched alkanes of at least 4 members (excludes halogenated alkanes) is 12. The second-order valence-electron chi connectivity index (χ2n) is 6.61. The van der Waals surface area contributed by atoms with Crippen LogP contribution in [0.4, 0.5) is 0 Å². The number of hydrogen-bond acceptors (Lipinski definition) is 3. The number of allylic oxidation sites excluding steroid dienone is 2. The Bertz CT molecular complexity index is 374. The van der Waals surface area contributed by atoms with E-state index in [4.69, 9.17) is 4.18 Å². The van der Waals surface area contributed by atoms with Gasteiger partial charge in [0.2, 0.25) is 0 Å². The topological polar surface area (TPSA) is 43.4 Å². The third kappa shape index (κ3) is 18.0. The van der Waals surface area contributed by atoms with Gasteiger partial charge in [-0.25, -0.2) is 0 Å². The molecular formula is C20H40O3S. The van der Waals surface area contributed by atoms with Crippen molar-refractivity contribution in [1.82, 2.24) is 0 Å². The molecule has 0 radical (unpaired) electrons. The molecule has 0 spiro atoms. The Kier molecular flexibility index (Phi) is 17.2. The van der Waals surface area contributed by atoms with Gasteiger partial charge in [0.25, 0.3) is 10.1 Å². The Labute approximate surface area is 151 Å². The molecule has 0 atom stereocenters. The summed E-state index contributed by atoms with van der Waals surface area (Å²) in [4.78, 5) is 0. The first kappa shape index (κ1) is 23.6. The van der Waals surface area contributed by atoms with Crippen LogP contribution in [0.2, 0.25) is 0 Å². The van der Waals surface area contributed by atoms with Crippen molar-refractivity contribution >= 4 is 10.1 Å². The van der Waals surface area contributed by atoms with Gasteiger partial charge in [0, 0.05) is 0 Å². The Hall–Kier alpha value is -0.350. The lowest BCUT2D eigenvalue weighted by Gasteiger charge is -2.03. The zero-order chi connectivity index (χ0) is 17.9. The van der Waals surface area contributed by atoms with Crippen molar-refractivity contribution in [3.8, 4) is 0 Å². The van der Waals surface area contributed by atoms with Gasteiger partial charge in [-0.1, -0.05) is 76.9 Å². The third-order valence-electron chi connectivity index (χ3n) is 4.27. The van der Waals surface area contributed by atoms with E-state index in [9.17, 15) is 8.42 Å². The maximum atomic E-state index is 11.1. The van der Waals surface area contributed by atoms with Crippen molar-refractivity contribution in [1.29, 1.82) is 0 Å². The summed E-state index contributed by atoms with van der Waals surface area (Å²) in [5.41, 5.74) is 0. The van der Waals surface area contributed by atoms with Gasteiger partial charge in [-0.15, -0.1) is 0 Å². The molecule has 0 bridgehead atoms. The molecule has 0 aromatic rings. The fraction of sp³-hybridized carbons (Fsp3) is 0.900. The van der Waals surface area contributed by atoms with Crippen molar-refractivity contribution in [2.24, 2.45) is 0 Å². The summed E-state index contributed by atoms with van der Waals surface area (Å²) in [6.07, 6.45) is 22.3. The van der Waals surface area contributed by atoms with Crippen LogP contribution in [-0.4, -0.2) is 20.8 Å². The third-order valence-corrected chi connectivity index (χ3v) is 5.51. The lowest BCUT2D eigenvalue weighted by atomic mass is 10.1. The molecule has 0 heterocycles. The van der Waals surface area contributed by atoms with Crippen LogP contribution in [0.25, 0.3) is 0 Å². The number of hydrogen-bond donors (Lipinski definition) is 0. The SMILES string of the molecule is CCCCCCCC/C=C\CCCCCCCCOS(=O)(=O)CC. The summed E-state index contributed by atoms with van der Waals surface area (Å²) >= 11 is 0. The molecule has 0 N–H and O–H groups in total. The largest absolute Gasteiger partial charge is 0.270 e. The molecule has 0 saturated heterocycles. The Morgan fingerprint density at radius 3 is 1.62 bits per heavy atom. The Balaban J connectivity index is 3.18. The van der Waals surface area contributed by atoms with Crippen molar-refractivity contribution in [3.63, 3.8) is 0 Å². The minimum atomic E-state index is -3.25. The molecule has 0 unspecified atom stereocenters. The molecular weight excluding hydrogens is 320 g/mol. The van der Waals surface area contributed by atoms with Crippen LogP contribution in [0.1, 0.15) is 104 Å². The van der Waals surface area contributed by atoms with E-state index in [0.29, 0.717) is 6.61 Å². The van der Waals surface area contributed by atoms with Crippen LogP contribution in [0.5, 0.6) is 0 Å². The highest BCUT2D eigenvalue weighted by Gasteiger charge is 2.05. The average Bonchev–Trinajstić information content (AvgIpc) is 2.57. The van der Waals surface area contributed by atoms with Crippen LogP contribution in [-0.2, 0) is 14.3 Å². The molecule has 0 aromatic carbocycles. The molecule has 0 aromatic heterocycles. The van der Waals surface area contributed by atoms with Gasteiger partial charge in [-0.05, 0) is 39.0 Å². The van der Waals surface area contributed by atoms with Crippen LogP contribution >= 0.6 is 0 Å². The predicted molar refractivity (Wildman–Crippen MR) is 105 cm³/mol. The van der Waals surface area contributed by atoms with E-state index in [1.54, 1.807) is 6.92 Å². The number of rotatable bonds is 18. The minimum Gasteiger partial charge on any atom is -0.270 e. The first-order valence-corrected chi connectivity index (χ1v) is 11.7. The van der Waals surface area contributed by atoms with Crippen molar-refractivity contribution in [2.45, 2.75) is 104 Å². The molecule has 0 rings (SSSR count). The van der Waals surface area contributed by atoms with Crippen LogP contribution in [0.3, 0.4) is 0 Å². The lowest BCUT2D eigenvalue weighted by Crippen LogP contribution is -2.09. The molecule has 0 aliphatic heterocycles. The van der Waals surface area contributed by atoms with Gasteiger partial charge in [0.15, 0.2) is 0 Å². The first-order chi connectivity index (χ1) is 11.6. The van der Waals surface area contributed by atoms with Gasteiger partial charge in [-0.3, -0.25) is 4.18 Å². The van der Waals surface area contributed by atoms with Crippen molar-refractivity contribution in [2.75, 3.05) is 12.4 Å². The monoisotopic (exact) mass is 360 g/mol. The molecule has 0 aliphatic carbocycles. The molecule has 0 fully saturated rings. The van der Waals surface area contributed by atoms with Crippen molar-refractivity contribution in [3.05, 3.63) is 12.2 Å². The highest BCUT2D eigenvalue weighted by Crippen LogP contribution is 2.10. The Morgan fingerprint density at radius 1 is 0.667 bits per heavy atom. The molecule has 4 heteroatoms. The van der Waals surface area contributed by atoms with E-state index in [2.05, 4.69) is 19.1 Å². The van der Waals surface area contributed by atoms with Crippen LogP contribution in [0.15, 0.2) is 12.2 Å². The summed E-state index contributed by atoms with van der Waals surface area (Å²) in [5, 5.41) is 0. The van der Waals surface area contributed by atoms with Gasteiger partial charge in [-0.2, -0.15) is 8.42 Å². The van der Waals surface area contributed by atoms with E-state index in [-0.39, 0.29) is 5.75 Å². The quantitative estimate of drug-likeness (QED) is 0.161. The maximum absolute atomic E-state index is 11.1. The van der Waals surface area contributed by atoms with Crippen LogP contribution < -0.4 is 0 Å². The van der Waals surface area contributed by atoms with Gasteiger partial charge in [0.05, 0.1) is 12.4 Å². The standard InChI is InChI=1S/C20H40O3S/c1-3-5-6-7-8-9-10-11-12-13-14-15-16-17-18-19-20-23-24(21,22)4-2/h11-12H,3-10,13-20H2,1-2H3/b12-11-. The normalized spacial score (nSPS) is 12.2. The summed E-state index contributed by atoms with van der Waals surface area (Å²) in [7, 11) is -3.25. The minimum absolute atomic E-state index is 0.0688. The van der Waals surface area contributed by atoms with E-state index in [1.165, 1.54) is 77.0 Å². The fourth-order valence-corrected chi connectivity index (χ4v) is 3.16. The van der Waals surface area contributed by atoms with Gasteiger partial charge < -0.3 is 0 Å². The van der Waals surface area contributed by atoms with Crippen molar-refractivity contribution < 1.29 is 12.6 Å². The molecule has 144 valence electrons. The van der Waals surface area contributed by atoms with E-state index in [1.807, 2.05) is 0 Å². The molecule has 3 nitrogen and oxygen atoms in total. The van der Waals surface area contributed by atoms with Crippen LogP contribution in [0, 0.1) is 0 Å². The Morgan fingerprint density at radius 2 is 1.12 bits per heavy atom. The zero-order valence-corrected chi connectivity index (χ0v) is 16.9. The summed E-state index contributed by atoms with van der Waals surface area (Å²) in [6, 6.07) is 0. The second-order valence-corrected chi connectivity index (χ2v) is 8.53. The molecule has 0 saturated carbocycles. The summed E-state index contributed by atoms with van der Waals surface area (Å²) in [6.45, 7) is 4.21. The summed E-state index contributed by atoms with van der Waals surface area (Å²) in [5.74, 6) is 0.0688. The highest BCUT2D eigenvalue weighted by atomic mass is 32.2. The average molecular weight is 361 g/mol. The molecule has 0 aliphatic rings. The fourth-order valence-electron chi connectivity index (χ4n) is 2.62. The van der Waals surface area contributed by atoms with Gasteiger partial charge in [0.1, 0.15) is 0 Å². The highest BCUT2D eigenvalue weighted by molar-refractivity contribution is 7.86. The second kappa shape index (κ2) is 17.5. The first-order valence-electron chi connectivity index (χ1n) is 10.1. The summed E-state index contributed by atoms with van der Waals surface area (Å²) < 4.78 is 27.1. The van der Waals surface area contributed by atoms with E-state index >= 15 is 0 Å². The lowest BCUT2D eigenvalue weighted by molar-refractivity contribution is 0.307. The molecule has 24 heavy (non-hydrogen) atoms. The van der Waals surface area contributed by atoms with E-state index < -0.39 is 10.1 Å². The predicted octanol–water partition coefficient (Wildman–Crippen LogP) is 6.39. The molecule has 0 amide bonds. The maximum Gasteiger partial charge on any atom is 0.267 e.